The second-order valence-electron chi connectivity index (χ2n) is 7.24. The molecule has 6 heteroatoms. The van der Waals surface area contributed by atoms with E-state index in [4.69, 9.17) is 10.2 Å². The summed E-state index contributed by atoms with van der Waals surface area (Å²) in [6.07, 6.45) is 3.94. The van der Waals surface area contributed by atoms with Crippen molar-refractivity contribution in [2.75, 3.05) is 6.54 Å². The number of aliphatic hydroxyl groups excluding tert-OH is 1. The van der Waals surface area contributed by atoms with E-state index in [1.807, 2.05) is 13.1 Å². The molecule has 5 nitrogen and oxygen atoms in total. The van der Waals surface area contributed by atoms with Crippen molar-refractivity contribution < 1.29 is 13.9 Å². The van der Waals surface area contributed by atoms with Crippen molar-refractivity contribution in [3.63, 3.8) is 0 Å². The van der Waals surface area contributed by atoms with Gasteiger partial charge < -0.3 is 15.3 Å². The number of allylic oxidation sites excluding steroid dienone is 2. The predicted molar refractivity (Wildman–Crippen MR) is 104 cm³/mol. The first kappa shape index (κ1) is 19.3. The van der Waals surface area contributed by atoms with Crippen molar-refractivity contribution in [1.82, 2.24) is 4.98 Å². The summed E-state index contributed by atoms with van der Waals surface area (Å²) in [5.74, 6) is 1.33. The van der Waals surface area contributed by atoms with Crippen molar-refractivity contribution >= 4 is 6.21 Å². The number of rotatable bonds is 7. The van der Waals surface area contributed by atoms with Crippen LogP contribution in [-0.4, -0.2) is 22.8 Å². The molecule has 1 atom stereocenters. The van der Waals surface area contributed by atoms with E-state index in [0.717, 1.165) is 12.1 Å². The van der Waals surface area contributed by atoms with E-state index in [1.54, 1.807) is 19.9 Å². The van der Waals surface area contributed by atoms with E-state index in [0.29, 0.717) is 46.5 Å². The van der Waals surface area contributed by atoms with Crippen LogP contribution in [0.25, 0.3) is 11.3 Å². The maximum atomic E-state index is 13.7. The molecule has 0 amide bonds. The third kappa shape index (κ3) is 4.83. The fraction of sp³-hybridized carbons (Fsp3) is 0.429. The minimum absolute atomic E-state index is 0.405. The molecular formula is C21H26FN3O2. The summed E-state index contributed by atoms with van der Waals surface area (Å²) in [5.41, 5.74) is 9.39. The molecule has 0 radical (unpaired) electrons. The lowest BCUT2D eigenvalue weighted by Gasteiger charge is -2.12. The summed E-state index contributed by atoms with van der Waals surface area (Å²) in [6.45, 7) is 6.02. The second-order valence-corrected chi connectivity index (χ2v) is 7.24. The van der Waals surface area contributed by atoms with E-state index < -0.39 is 11.9 Å². The van der Waals surface area contributed by atoms with Crippen LogP contribution in [0.2, 0.25) is 0 Å². The molecule has 1 heterocycles. The second kappa shape index (κ2) is 8.05. The molecule has 1 aliphatic rings. The number of nitrogens with two attached hydrogens (primary N) is 1. The Morgan fingerprint density at radius 3 is 2.85 bits per heavy atom. The molecule has 3 N–H and O–H groups in total. The zero-order chi connectivity index (χ0) is 19.6. The Kier molecular flexibility index (Phi) is 5.75. The molecule has 0 bridgehead atoms. The van der Waals surface area contributed by atoms with Crippen LogP contribution in [0.4, 0.5) is 4.39 Å². The minimum atomic E-state index is -0.833. The fourth-order valence-corrected chi connectivity index (χ4v) is 2.97. The van der Waals surface area contributed by atoms with E-state index in [9.17, 15) is 9.50 Å². The van der Waals surface area contributed by atoms with Gasteiger partial charge in [0.1, 0.15) is 5.82 Å². The molecular weight excluding hydrogens is 345 g/mol. The summed E-state index contributed by atoms with van der Waals surface area (Å²) in [6, 6.07) is 4.29. The van der Waals surface area contributed by atoms with Crippen molar-refractivity contribution in [3.8, 4) is 11.3 Å². The number of hydrogen-bond donors (Lipinski definition) is 2. The highest BCUT2D eigenvalue weighted by Gasteiger charge is 2.21. The molecule has 3 rings (SSSR count). The molecule has 1 aromatic carbocycles. The summed E-state index contributed by atoms with van der Waals surface area (Å²) in [7, 11) is 0. The van der Waals surface area contributed by atoms with Crippen LogP contribution >= 0.6 is 0 Å². The summed E-state index contributed by atoms with van der Waals surface area (Å²) in [4.78, 5) is 9.00. The van der Waals surface area contributed by atoms with Crippen LogP contribution in [-0.2, 0) is 6.42 Å². The van der Waals surface area contributed by atoms with Gasteiger partial charge in [0, 0.05) is 37.4 Å². The van der Waals surface area contributed by atoms with Crippen molar-refractivity contribution in [3.05, 3.63) is 52.4 Å². The van der Waals surface area contributed by atoms with Gasteiger partial charge in [-0.1, -0.05) is 0 Å². The molecule has 1 unspecified atom stereocenters. The van der Waals surface area contributed by atoms with Crippen LogP contribution in [0.15, 0.2) is 38.9 Å². The van der Waals surface area contributed by atoms with E-state index in [-0.39, 0.29) is 0 Å². The third-order valence-corrected chi connectivity index (χ3v) is 4.68. The zero-order valence-corrected chi connectivity index (χ0v) is 16.0. The number of hydrogen-bond acceptors (Lipinski definition) is 5. The van der Waals surface area contributed by atoms with Crippen LogP contribution in [0.1, 0.15) is 49.9 Å². The average molecular weight is 371 g/mol. The van der Waals surface area contributed by atoms with Gasteiger partial charge in [-0.3, -0.25) is 4.99 Å². The molecule has 2 aromatic rings. The first-order chi connectivity index (χ1) is 12.8. The Morgan fingerprint density at radius 1 is 1.48 bits per heavy atom. The molecule has 1 aliphatic carbocycles. The summed E-state index contributed by atoms with van der Waals surface area (Å²) < 4.78 is 19.5. The van der Waals surface area contributed by atoms with Gasteiger partial charge in [0.2, 0.25) is 0 Å². The van der Waals surface area contributed by atoms with Crippen molar-refractivity contribution in [1.29, 1.82) is 0 Å². The number of aliphatic imine (C=N–C) groups is 1. The Balaban J connectivity index is 1.94. The van der Waals surface area contributed by atoms with Crippen LogP contribution in [0.3, 0.4) is 0 Å². The summed E-state index contributed by atoms with van der Waals surface area (Å²) >= 11 is 0. The SMILES string of the molecule is CC(N)=C(C=NCC1CC1)Cc1nc(C)oc1-c1ccc(F)cc1C(C)O. The maximum absolute atomic E-state index is 13.7. The van der Waals surface area contributed by atoms with E-state index >= 15 is 0 Å². The molecule has 27 heavy (non-hydrogen) atoms. The molecule has 1 aromatic heterocycles. The highest BCUT2D eigenvalue weighted by Crippen LogP contribution is 2.33. The topological polar surface area (TPSA) is 84.6 Å². The third-order valence-electron chi connectivity index (χ3n) is 4.68. The fourth-order valence-electron chi connectivity index (χ4n) is 2.97. The first-order valence-electron chi connectivity index (χ1n) is 9.24. The molecule has 144 valence electrons. The first-order valence-corrected chi connectivity index (χ1v) is 9.24. The number of halogens is 1. The Bertz CT molecular complexity index is 876. The quantitative estimate of drug-likeness (QED) is 0.718. The van der Waals surface area contributed by atoms with Gasteiger partial charge in [0.15, 0.2) is 11.7 Å². The van der Waals surface area contributed by atoms with E-state index in [2.05, 4.69) is 9.98 Å². The molecule has 0 aliphatic heterocycles. The number of aryl methyl sites for hydroxylation is 1. The zero-order valence-electron chi connectivity index (χ0n) is 16.0. The maximum Gasteiger partial charge on any atom is 0.192 e. The van der Waals surface area contributed by atoms with Crippen LogP contribution < -0.4 is 5.73 Å². The number of aliphatic hydroxyl groups is 1. The normalized spacial score (nSPS) is 16.6. The highest BCUT2D eigenvalue weighted by molar-refractivity contribution is 5.80. The predicted octanol–water partition coefficient (Wildman–Crippen LogP) is 4.10. The van der Waals surface area contributed by atoms with Gasteiger partial charge in [-0.15, -0.1) is 0 Å². The largest absolute Gasteiger partial charge is 0.441 e. The van der Waals surface area contributed by atoms with E-state index in [1.165, 1.54) is 25.0 Å². The lowest BCUT2D eigenvalue weighted by atomic mass is 9.98. The standard InChI is InChI=1S/C21H26FN3O2/c1-12(23)16(11-24-10-15-4-5-15)8-20-21(27-14(3)25-20)18-7-6-17(22)9-19(18)13(2)26/h6-7,9,11,13,15,26H,4-5,8,10,23H2,1-3H3. The van der Waals surface area contributed by atoms with Gasteiger partial charge in [-0.05, 0) is 61.9 Å². The van der Waals surface area contributed by atoms with Crippen molar-refractivity contribution in [2.45, 2.75) is 46.1 Å². The Morgan fingerprint density at radius 2 is 2.22 bits per heavy atom. The number of oxazole rings is 1. The number of benzene rings is 1. The van der Waals surface area contributed by atoms with Gasteiger partial charge in [-0.2, -0.15) is 0 Å². The lowest BCUT2D eigenvalue weighted by molar-refractivity contribution is 0.199. The number of aromatic nitrogens is 1. The van der Waals surface area contributed by atoms with Gasteiger partial charge in [0.05, 0.1) is 11.8 Å². The minimum Gasteiger partial charge on any atom is -0.441 e. The molecule has 0 saturated heterocycles. The van der Waals surface area contributed by atoms with Gasteiger partial charge in [0.25, 0.3) is 0 Å². The van der Waals surface area contributed by atoms with Gasteiger partial charge in [-0.25, -0.2) is 9.37 Å². The average Bonchev–Trinajstić information content (AvgIpc) is 3.35. The van der Waals surface area contributed by atoms with Crippen LogP contribution in [0, 0.1) is 18.7 Å². The highest BCUT2D eigenvalue weighted by atomic mass is 19.1. The Labute approximate surface area is 158 Å². The Hall–Kier alpha value is -2.47. The summed E-state index contributed by atoms with van der Waals surface area (Å²) in [5, 5.41) is 10.1. The molecule has 1 saturated carbocycles. The lowest BCUT2D eigenvalue weighted by Crippen LogP contribution is -2.05. The molecule has 0 spiro atoms. The van der Waals surface area contributed by atoms with Gasteiger partial charge >= 0.3 is 0 Å². The number of nitrogens with zero attached hydrogens (tertiary/aromatic N) is 2. The van der Waals surface area contributed by atoms with Crippen LogP contribution in [0.5, 0.6) is 0 Å². The van der Waals surface area contributed by atoms with Crippen molar-refractivity contribution in [2.24, 2.45) is 16.6 Å². The molecule has 1 fully saturated rings. The monoisotopic (exact) mass is 371 g/mol. The smallest absolute Gasteiger partial charge is 0.192 e.